The predicted molar refractivity (Wildman–Crippen MR) is 104 cm³/mol. The van der Waals surface area contributed by atoms with Gasteiger partial charge in [-0.2, -0.15) is 0 Å². The molecule has 0 unspecified atom stereocenters. The topological polar surface area (TPSA) is 134 Å². The number of hydrogen-bond donors (Lipinski definition) is 2. The third-order valence-corrected chi connectivity index (χ3v) is 4.99. The molecule has 0 aliphatic carbocycles. The van der Waals surface area contributed by atoms with Gasteiger partial charge in [-0.05, 0) is 34.4 Å². The number of fused-ring (bicyclic) bond motifs is 1. The highest BCUT2D eigenvalue weighted by molar-refractivity contribution is 7.99. The standard InChI is InChI=1S/C18H13N5O4S/c24-16(25)9-28-18-20-17(21-22-18)13-4-12(5-15(6-13)23(26)27)10-1-2-11-7-19-8-14(11)3-10/h1-6,8H,7,9H2,(H,24,25)(H,20,21,22). The molecule has 9 nitrogen and oxygen atoms in total. The van der Waals surface area contributed by atoms with Crippen molar-refractivity contribution in [1.82, 2.24) is 15.2 Å². The molecule has 2 aromatic carbocycles. The van der Waals surface area contributed by atoms with Crippen molar-refractivity contribution >= 4 is 29.6 Å². The van der Waals surface area contributed by atoms with Gasteiger partial charge in [-0.1, -0.05) is 23.9 Å². The third-order valence-electron chi connectivity index (χ3n) is 4.16. The summed E-state index contributed by atoms with van der Waals surface area (Å²) in [5.74, 6) is -0.816. The van der Waals surface area contributed by atoms with Crippen LogP contribution in [0.15, 0.2) is 46.5 Å². The van der Waals surface area contributed by atoms with E-state index in [-0.39, 0.29) is 16.6 Å². The number of benzene rings is 2. The number of carboxylic acid groups (broad SMARTS) is 1. The van der Waals surface area contributed by atoms with E-state index in [0.29, 0.717) is 23.5 Å². The predicted octanol–water partition coefficient (Wildman–Crippen LogP) is 3.16. The van der Waals surface area contributed by atoms with Gasteiger partial charge in [0.2, 0.25) is 5.16 Å². The van der Waals surface area contributed by atoms with E-state index in [9.17, 15) is 14.9 Å². The molecule has 1 aliphatic rings. The lowest BCUT2D eigenvalue weighted by Crippen LogP contribution is -1.97. The van der Waals surface area contributed by atoms with E-state index >= 15 is 0 Å². The van der Waals surface area contributed by atoms with E-state index in [2.05, 4.69) is 20.2 Å². The molecular formula is C18H13N5O4S. The zero-order valence-corrected chi connectivity index (χ0v) is 15.1. The quantitative estimate of drug-likeness (QED) is 0.372. The van der Waals surface area contributed by atoms with Crippen molar-refractivity contribution in [3.63, 3.8) is 0 Å². The molecule has 4 rings (SSSR count). The highest BCUT2D eigenvalue weighted by Crippen LogP contribution is 2.32. The Balaban J connectivity index is 1.73. The van der Waals surface area contributed by atoms with Crippen LogP contribution in [0.25, 0.3) is 22.5 Å². The molecule has 1 aromatic heterocycles. The van der Waals surface area contributed by atoms with Crippen molar-refractivity contribution < 1.29 is 14.8 Å². The molecule has 3 aromatic rings. The first-order valence-corrected chi connectivity index (χ1v) is 9.18. The molecule has 0 saturated carbocycles. The third kappa shape index (κ3) is 3.62. The zero-order chi connectivity index (χ0) is 19.7. The fraction of sp³-hybridized carbons (Fsp3) is 0.111. The molecule has 0 amide bonds. The SMILES string of the molecule is O=C(O)CSc1n[nH]c(-c2cc(-c3ccc4c(c3)C=NC4)cc([N+](=O)[O-])c2)n1. The summed E-state index contributed by atoms with van der Waals surface area (Å²) in [7, 11) is 0. The number of nitrogens with one attached hydrogen (secondary N) is 1. The summed E-state index contributed by atoms with van der Waals surface area (Å²) in [5.41, 5.74) is 4.04. The number of aliphatic imine (C=N–C) groups is 1. The van der Waals surface area contributed by atoms with Gasteiger partial charge in [0.25, 0.3) is 5.69 Å². The van der Waals surface area contributed by atoms with Crippen LogP contribution in [0.2, 0.25) is 0 Å². The summed E-state index contributed by atoms with van der Waals surface area (Å²) < 4.78 is 0. The van der Waals surface area contributed by atoms with Crippen molar-refractivity contribution in [2.45, 2.75) is 11.7 Å². The fourth-order valence-electron chi connectivity index (χ4n) is 2.87. The molecule has 140 valence electrons. The lowest BCUT2D eigenvalue weighted by Gasteiger charge is -2.07. The van der Waals surface area contributed by atoms with E-state index < -0.39 is 10.9 Å². The molecule has 0 fully saturated rings. The Kier molecular flexibility index (Phi) is 4.62. The summed E-state index contributed by atoms with van der Waals surface area (Å²) >= 11 is 0.967. The van der Waals surface area contributed by atoms with Gasteiger partial charge in [0, 0.05) is 23.9 Å². The van der Waals surface area contributed by atoms with E-state index in [1.54, 1.807) is 12.3 Å². The number of carboxylic acids is 1. The van der Waals surface area contributed by atoms with Crippen molar-refractivity contribution in [2.24, 2.45) is 4.99 Å². The molecular weight excluding hydrogens is 382 g/mol. The van der Waals surface area contributed by atoms with Crippen LogP contribution in [0.4, 0.5) is 5.69 Å². The first kappa shape index (κ1) is 17.9. The molecule has 0 bridgehead atoms. The monoisotopic (exact) mass is 395 g/mol. The van der Waals surface area contributed by atoms with Crippen molar-refractivity contribution in [3.05, 3.63) is 57.6 Å². The van der Waals surface area contributed by atoms with Crippen LogP contribution >= 0.6 is 11.8 Å². The van der Waals surface area contributed by atoms with E-state index in [4.69, 9.17) is 5.11 Å². The normalized spacial score (nSPS) is 12.1. The first-order chi connectivity index (χ1) is 13.5. The Bertz CT molecular complexity index is 1120. The number of H-pyrrole nitrogens is 1. The lowest BCUT2D eigenvalue weighted by atomic mass is 9.98. The number of rotatable bonds is 6. The van der Waals surface area contributed by atoms with Crippen molar-refractivity contribution in [3.8, 4) is 22.5 Å². The van der Waals surface area contributed by atoms with E-state index in [0.717, 1.165) is 28.5 Å². The Morgan fingerprint density at radius 3 is 2.82 bits per heavy atom. The molecule has 0 atom stereocenters. The number of hydrogen-bond acceptors (Lipinski definition) is 7. The second-order valence-corrected chi connectivity index (χ2v) is 7.00. The molecule has 2 heterocycles. The minimum atomic E-state index is -0.978. The van der Waals surface area contributed by atoms with Gasteiger partial charge in [-0.25, -0.2) is 4.98 Å². The molecule has 0 saturated heterocycles. The second kappa shape index (κ2) is 7.24. The summed E-state index contributed by atoms with van der Waals surface area (Å²) in [4.78, 5) is 30.1. The molecule has 0 radical (unpaired) electrons. The maximum absolute atomic E-state index is 11.4. The zero-order valence-electron chi connectivity index (χ0n) is 14.3. The van der Waals surface area contributed by atoms with Gasteiger partial charge in [0.05, 0.1) is 17.2 Å². The van der Waals surface area contributed by atoms with Crippen LogP contribution in [0.3, 0.4) is 0 Å². The number of thioether (sulfide) groups is 1. The average molecular weight is 395 g/mol. The minimum Gasteiger partial charge on any atom is -0.481 e. The number of non-ortho nitro benzene ring substituents is 1. The number of nitro groups is 1. The maximum Gasteiger partial charge on any atom is 0.313 e. The Hall–Kier alpha value is -3.53. The summed E-state index contributed by atoms with van der Waals surface area (Å²) in [5, 5.41) is 27.1. The summed E-state index contributed by atoms with van der Waals surface area (Å²) in [6, 6.07) is 10.5. The maximum atomic E-state index is 11.4. The van der Waals surface area contributed by atoms with Crippen LogP contribution in [0, 0.1) is 10.1 Å². The molecule has 28 heavy (non-hydrogen) atoms. The number of carbonyl (C=O) groups is 1. The Morgan fingerprint density at radius 1 is 1.21 bits per heavy atom. The molecule has 0 spiro atoms. The second-order valence-electron chi connectivity index (χ2n) is 6.06. The highest BCUT2D eigenvalue weighted by atomic mass is 32.2. The van der Waals surface area contributed by atoms with E-state index in [1.165, 1.54) is 12.1 Å². The summed E-state index contributed by atoms with van der Waals surface area (Å²) in [6.07, 6.45) is 1.79. The van der Waals surface area contributed by atoms with Gasteiger partial charge >= 0.3 is 5.97 Å². The number of aromatic amines is 1. The number of nitrogens with zero attached hydrogens (tertiary/aromatic N) is 4. The van der Waals surface area contributed by atoms with Gasteiger partial charge in [-0.3, -0.25) is 25.0 Å². The lowest BCUT2D eigenvalue weighted by molar-refractivity contribution is -0.384. The molecule has 1 aliphatic heterocycles. The fourth-order valence-corrected chi connectivity index (χ4v) is 3.39. The van der Waals surface area contributed by atoms with Crippen molar-refractivity contribution in [2.75, 3.05) is 5.75 Å². The van der Waals surface area contributed by atoms with Crippen molar-refractivity contribution in [1.29, 1.82) is 0 Å². The Morgan fingerprint density at radius 2 is 2.04 bits per heavy atom. The number of aliphatic carboxylic acids is 1. The Labute approximate surface area is 162 Å². The van der Waals surface area contributed by atoms with E-state index in [1.807, 2.05) is 18.2 Å². The van der Waals surface area contributed by atoms with Gasteiger partial charge in [0.15, 0.2) is 5.82 Å². The van der Waals surface area contributed by atoms with Crippen LogP contribution in [-0.4, -0.2) is 43.1 Å². The van der Waals surface area contributed by atoms with Crippen LogP contribution in [0.5, 0.6) is 0 Å². The summed E-state index contributed by atoms with van der Waals surface area (Å²) in [6.45, 7) is 0.644. The minimum absolute atomic E-state index is 0.0715. The molecule has 2 N–H and O–H groups in total. The van der Waals surface area contributed by atoms with Crippen LogP contribution in [-0.2, 0) is 11.3 Å². The van der Waals surface area contributed by atoms with Gasteiger partial charge in [-0.15, -0.1) is 5.10 Å². The first-order valence-electron chi connectivity index (χ1n) is 8.19. The average Bonchev–Trinajstić information content (AvgIpc) is 3.34. The van der Waals surface area contributed by atoms with Gasteiger partial charge in [0.1, 0.15) is 0 Å². The number of nitro benzene ring substituents is 1. The smallest absolute Gasteiger partial charge is 0.313 e. The van der Waals surface area contributed by atoms with Gasteiger partial charge < -0.3 is 5.11 Å². The van der Waals surface area contributed by atoms with Crippen LogP contribution in [0.1, 0.15) is 11.1 Å². The highest BCUT2D eigenvalue weighted by Gasteiger charge is 2.16. The largest absolute Gasteiger partial charge is 0.481 e. The number of aromatic nitrogens is 3. The molecule has 10 heteroatoms. The van der Waals surface area contributed by atoms with Crippen LogP contribution < -0.4 is 0 Å².